The summed E-state index contributed by atoms with van der Waals surface area (Å²) in [6, 6.07) is 1.62. The maximum Gasteiger partial charge on any atom is 0.268 e. The highest BCUT2D eigenvalue weighted by Crippen LogP contribution is 2.21. The van der Waals surface area contributed by atoms with E-state index in [1.807, 2.05) is 0 Å². The molecule has 1 aromatic rings. The standard InChI is InChI=1S/C12H19N3O3/c1-15-7-9(13)6-10(15)11(17)14-12(8-16)2-4-18-5-3-12/h6-7,16H,2-5,8,13H2,1H3,(H,14,17). The van der Waals surface area contributed by atoms with Crippen molar-refractivity contribution in [1.82, 2.24) is 9.88 Å². The van der Waals surface area contributed by atoms with Gasteiger partial charge in [0.05, 0.1) is 17.8 Å². The molecule has 0 unspecified atom stereocenters. The van der Waals surface area contributed by atoms with Crippen LogP contribution in [0.25, 0.3) is 0 Å². The molecule has 0 saturated carbocycles. The van der Waals surface area contributed by atoms with Gasteiger partial charge in [0.15, 0.2) is 0 Å². The van der Waals surface area contributed by atoms with Crippen LogP contribution in [0, 0.1) is 0 Å². The molecule has 1 amide bonds. The summed E-state index contributed by atoms with van der Waals surface area (Å²) in [7, 11) is 1.76. The van der Waals surface area contributed by atoms with E-state index in [2.05, 4.69) is 5.32 Å². The van der Waals surface area contributed by atoms with E-state index in [4.69, 9.17) is 10.5 Å². The van der Waals surface area contributed by atoms with E-state index < -0.39 is 5.54 Å². The molecule has 1 aliphatic rings. The Morgan fingerprint density at radius 2 is 2.28 bits per heavy atom. The Kier molecular flexibility index (Phi) is 3.58. The van der Waals surface area contributed by atoms with Crippen molar-refractivity contribution in [3.8, 4) is 0 Å². The number of hydrogen-bond acceptors (Lipinski definition) is 4. The highest BCUT2D eigenvalue weighted by Gasteiger charge is 2.34. The van der Waals surface area contributed by atoms with Crippen LogP contribution in [-0.2, 0) is 11.8 Å². The zero-order valence-corrected chi connectivity index (χ0v) is 10.5. The topological polar surface area (TPSA) is 89.5 Å². The minimum absolute atomic E-state index is 0.0813. The van der Waals surface area contributed by atoms with E-state index in [-0.39, 0.29) is 12.5 Å². The van der Waals surface area contributed by atoms with Crippen molar-refractivity contribution in [1.29, 1.82) is 0 Å². The third-order valence-corrected chi connectivity index (χ3v) is 3.39. The number of nitrogens with zero attached hydrogens (tertiary/aromatic N) is 1. The van der Waals surface area contributed by atoms with Crippen molar-refractivity contribution >= 4 is 11.6 Å². The van der Waals surface area contributed by atoms with Crippen molar-refractivity contribution in [2.75, 3.05) is 25.6 Å². The third-order valence-electron chi connectivity index (χ3n) is 3.39. The van der Waals surface area contributed by atoms with Crippen molar-refractivity contribution < 1.29 is 14.6 Å². The Balaban J connectivity index is 2.12. The number of ether oxygens (including phenoxy) is 1. The molecule has 0 radical (unpaired) electrons. The number of aryl methyl sites for hydroxylation is 1. The Bertz CT molecular complexity index is 436. The van der Waals surface area contributed by atoms with Crippen LogP contribution in [0.1, 0.15) is 23.3 Å². The summed E-state index contributed by atoms with van der Waals surface area (Å²) >= 11 is 0. The molecule has 0 bridgehead atoms. The number of aliphatic hydroxyl groups excluding tert-OH is 1. The van der Waals surface area contributed by atoms with Crippen molar-refractivity contribution in [2.24, 2.45) is 7.05 Å². The number of nitrogens with two attached hydrogens (primary N) is 1. The minimum Gasteiger partial charge on any atom is -0.397 e. The Labute approximate surface area is 106 Å². The van der Waals surface area contributed by atoms with E-state index in [1.165, 1.54) is 0 Å². The molecule has 18 heavy (non-hydrogen) atoms. The third kappa shape index (κ3) is 2.49. The zero-order valence-electron chi connectivity index (χ0n) is 10.5. The number of nitrogens with one attached hydrogen (secondary N) is 1. The van der Waals surface area contributed by atoms with E-state index in [0.717, 1.165) is 0 Å². The maximum atomic E-state index is 12.2. The maximum absolute atomic E-state index is 12.2. The molecular formula is C12H19N3O3. The lowest BCUT2D eigenvalue weighted by molar-refractivity contribution is 0.0124. The van der Waals surface area contributed by atoms with Crippen LogP contribution < -0.4 is 11.1 Å². The number of aliphatic hydroxyl groups is 1. The van der Waals surface area contributed by atoms with Crippen LogP contribution in [-0.4, -0.2) is 40.9 Å². The number of carbonyl (C=O) groups excluding carboxylic acids is 1. The molecular weight excluding hydrogens is 234 g/mol. The van der Waals surface area contributed by atoms with Crippen molar-refractivity contribution in [3.05, 3.63) is 18.0 Å². The average Bonchev–Trinajstić information content (AvgIpc) is 2.70. The van der Waals surface area contributed by atoms with Gasteiger partial charge >= 0.3 is 0 Å². The summed E-state index contributed by atoms with van der Waals surface area (Å²) in [5, 5.41) is 12.4. The van der Waals surface area contributed by atoms with Crippen LogP contribution in [0.5, 0.6) is 0 Å². The lowest BCUT2D eigenvalue weighted by Crippen LogP contribution is -2.54. The number of rotatable bonds is 3. The number of aromatic nitrogens is 1. The number of amides is 1. The fourth-order valence-electron chi connectivity index (χ4n) is 2.21. The Hall–Kier alpha value is -1.53. The first kappa shape index (κ1) is 12.9. The molecule has 1 saturated heterocycles. The fourth-order valence-corrected chi connectivity index (χ4v) is 2.21. The molecule has 1 fully saturated rings. The highest BCUT2D eigenvalue weighted by atomic mass is 16.5. The van der Waals surface area contributed by atoms with Crippen LogP contribution in [0.15, 0.2) is 12.3 Å². The lowest BCUT2D eigenvalue weighted by Gasteiger charge is -2.36. The van der Waals surface area contributed by atoms with Gasteiger partial charge in [-0.15, -0.1) is 0 Å². The van der Waals surface area contributed by atoms with Gasteiger partial charge in [-0.05, 0) is 18.9 Å². The first-order valence-electron chi connectivity index (χ1n) is 5.99. The molecule has 100 valence electrons. The quantitative estimate of drug-likeness (QED) is 0.700. The number of hydrogen-bond donors (Lipinski definition) is 3. The molecule has 6 nitrogen and oxygen atoms in total. The van der Waals surface area contributed by atoms with Gasteiger partial charge in [-0.1, -0.05) is 0 Å². The largest absolute Gasteiger partial charge is 0.397 e. The van der Waals surface area contributed by atoms with Gasteiger partial charge in [-0.25, -0.2) is 0 Å². The van der Waals surface area contributed by atoms with E-state index in [0.29, 0.717) is 37.4 Å². The summed E-state index contributed by atoms with van der Waals surface area (Å²) < 4.78 is 6.93. The second-order valence-corrected chi connectivity index (χ2v) is 4.77. The van der Waals surface area contributed by atoms with E-state index in [9.17, 15) is 9.90 Å². The minimum atomic E-state index is -0.575. The molecule has 0 spiro atoms. The van der Waals surface area contributed by atoms with Gasteiger partial charge in [0.25, 0.3) is 5.91 Å². The van der Waals surface area contributed by atoms with Crippen molar-refractivity contribution in [2.45, 2.75) is 18.4 Å². The molecule has 2 rings (SSSR count). The molecule has 1 aromatic heterocycles. The fraction of sp³-hybridized carbons (Fsp3) is 0.583. The van der Waals surface area contributed by atoms with Gasteiger partial charge in [-0.2, -0.15) is 0 Å². The molecule has 1 aliphatic heterocycles. The first-order chi connectivity index (χ1) is 8.56. The highest BCUT2D eigenvalue weighted by molar-refractivity contribution is 5.94. The van der Waals surface area contributed by atoms with Crippen LogP contribution >= 0.6 is 0 Å². The number of nitrogen functional groups attached to an aromatic ring is 1. The van der Waals surface area contributed by atoms with E-state index in [1.54, 1.807) is 23.9 Å². The summed E-state index contributed by atoms with van der Waals surface area (Å²) in [5.74, 6) is -0.217. The second kappa shape index (κ2) is 4.99. The van der Waals surface area contributed by atoms with Crippen LogP contribution in [0.4, 0.5) is 5.69 Å². The summed E-state index contributed by atoms with van der Waals surface area (Å²) in [6.45, 7) is 1.02. The van der Waals surface area contributed by atoms with Gasteiger partial charge in [0.2, 0.25) is 0 Å². The number of anilines is 1. The predicted molar refractivity (Wildman–Crippen MR) is 67.2 cm³/mol. The molecule has 0 aromatic carbocycles. The molecule has 0 aliphatic carbocycles. The molecule has 2 heterocycles. The zero-order chi connectivity index (χ0) is 13.2. The first-order valence-corrected chi connectivity index (χ1v) is 5.99. The second-order valence-electron chi connectivity index (χ2n) is 4.77. The summed E-state index contributed by atoms with van der Waals surface area (Å²) in [4.78, 5) is 12.2. The van der Waals surface area contributed by atoms with Gasteiger partial charge in [-0.3, -0.25) is 4.79 Å². The summed E-state index contributed by atoms with van der Waals surface area (Å²) in [6.07, 6.45) is 2.93. The molecule has 4 N–H and O–H groups in total. The number of carbonyl (C=O) groups is 1. The monoisotopic (exact) mass is 253 g/mol. The lowest BCUT2D eigenvalue weighted by atomic mass is 9.91. The smallest absolute Gasteiger partial charge is 0.268 e. The average molecular weight is 253 g/mol. The van der Waals surface area contributed by atoms with E-state index >= 15 is 0 Å². The summed E-state index contributed by atoms with van der Waals surface area (Å²) in [5.41, 5.74) is 6.11. The van der Waals surface area contributed by atoms with Gasteiger partial charge in [0, 0.05) is 26.5 Å². The Morgan fingerprint density at radius 1 is 1.61 bits per heavy atom. The van der Waals surface area contributed by atoms with Crippen LogP contribution in [0.2, 0.25) is 0 Å². The predicted octanol–water partition coefficient (Wildman–Crippen LogP) is -0.121. The molecule has 0 atom stereocenters. The normalized spacial score (nSPS) is 18.6. The van der Waals surface area contributed by atoms with Crippen molar-refractivity contribution in [3.63, 3.8) is 0 Å². The van der Waals surface area contributed by atoms with Crippen LogP contribution in [0.3, 0.4) is 0 Å². The Morgan fingerprint density at radius 3 is 2.78 bits per heavy atom. The SMILES string of the molecule is Cn1cc(N)cc1C(=O)NC1(CO)CCOCC1. The molecule has 6 heteroatoms. The van der Waals surface area contributed by atoms with Gasteiger partial charge < -0.3 is 25.5 Å². The van der Waals surface area contributed by atoms with Gasteiger partial charge in [0.1, 0.15) is 5.69 Å².